The summed E-state index contributed by atoms with van der Waals surface area (Å²) in [5, 5.41) is 4.84. The summed E-state index contributed by atoms with van der Waals surface area (Å²) in [5.41, 5.74) is 12.2. The number of anilines is 3. The number of hydrogen-bond acceptors (Lipinski definition) is 3. The number of thiophene rings is 1. The van der Waals surface area contributed by atoms with Crippen molar-refractivity contribution < 1.29 is 4.42 Å². The highest BCUT2D eigenvalue weighted by Gasteiger charge is 2.19. The van der Waals surface area contributed by atoms with E-state index in [2.05, 4.69) is 187 Å². The number of nitrogens with zero attached hydrogens (tertiary/aromatic N) is 1. The van der Waals surface area contributed by atoms with E-state index in [1.807, 2.05) is 17.4 Å². The van der Waals surface area contributed by atoms with E-state index < -0.39 is 0 Å². The minimum Gasteiger partial charge on any atom is -0.455 e. The third-order valence-electron chi connectivity index (χ3n) is 9.88. The fraction of sp³-hybridized carbons (Fsp3) is 0. The van der Waals surface area contributed by atoms with Gasteiger partial charge in [-0.25, -0.2) is 0 Å². The molecule has 0 bridgehead atoms. The summed E-state index contributed by atoms with van der Waals surface area (Å²) in [5.74, 6) is 0. The Hall–Kier alpha value is -6.42. The lowest BCUT2D eigenvalue weighted by atomic mass is 9.94. The first-order valence-corrected chi connectivity index (χ1v) is 18.1. The Morgan fingerprint density at radius 1 is 0.373 bits per heavy atom. The molecule has 51 heavy (non-hydrogen) atoms. The van der Waals surface area contributed by atoms with Crippen LogP contribution in [-0.4, -0.2) is 0 Å². The number of para-hydroxylation sites is 2. The molecule has 0 aliphatic carbocycles. The molecule has 0 unspecified atom stereocenters. The molecule has 0 saturated carbocycles. The van der Waals surface area contributed by atoms with Crippen molar-refractivity contribution in [2.75, 3.05) is 4.90 Å². The third-order valence-corrected chi connectivity index (χ3v) is 11.1. The van der Waals surface area contributed by atoms with Gasteiger partial charge in [-0.3, -0.25) is 0 Å². The number of furan rings is 1. The minimum atomic E-state index is 0.904. The number of fused-ring (bicyclic) bond motifs is 6. The quantitative estimate of drug-likeness (QED) is 0.175. The van der Waals surface area contributed by atoms with Gasteiger partial charge < -0.3 is 9.32 Å². The molecule has 2 aromatic heterocycles. The van der Waals surface area contributed by atoms with E-state index in [1.54, 1.807) is 0 Å². The van der Waals surface area contributed by atoms with Gasteiger partial charge in [-0.05, 0) is 82.9 Å². The highest BCUT2D eigenvalue weighted by molar-refractivity contribution is 7.26. The van der Waals surface area contributed by atoms with Crippen LogP contribution >= 0.6 is 11.3 Å². The number of hydrogen-bond donors (Lipinski definition) is 0. The highest BCUT2D eigenvalue weighted by Crippen LogP contribution is 2.45. The van der Waals surface area contributed by atoms with E-state index in [0.29, 0.717) is 0 Å². The van der Waals surface area contributed by atoms with Crippen molar-refractivity contribution in [2.45, 2.75) is 0 Å². The van der Waals surface area contributed by atoms with Crippen molar-refractivity contribution in [3.63, 3.8) is 0 Å². The molecule has 0 spiro atoms. The van der Waals surface area contributed by atoms with Gasteiger partial charge in [-0.1, -0.05) is 127 Å². The van der Waals surface area contributed by atoms with Crippen molar-refractivity contribution in [1.29, 1.82) is 0 Å². The molecular formula is C48H31NOS. The van der Waals surface area contributed by atoms with E-state index in [1.165, 1.54) is 36.9 Å². The first kappa shape index (κ1) is 29.5. The van der Waals surface area contributed by atoms with Crippen LogP contribution in [0, 0.1) is 0 Å². The SMILES string of the molecule is c1ccc(-c2ccc(N(c3ccccc3)c3ccc(-c4cc(-c5cccc6c5sc5ccccc56)c5oc6ccccc6c5c4)cc3)cc2)cc1. The third kappa shape index (κ3) is 5.10. The van der Waals surface area contributed by atoms with Crippen LogP contribution in [0.4, 0.5) is 17.1 Å². The number of rotatable bonds is 6. The molecule has 0 atom stereocenters. The monoisotopic (exact) mass is 669 g/mol. The molecule has 0 aliphatic rings. The fourth-order valence-electron chi connectivity index (χ4n) is 7.41. The lowest BCUT2D eigenvalue weighted by Crippen LogP contribution is -2.09. The summed E-state index contributed by atoms with van der Waals surface area (Å²) in [6.45, 7) is 0. The van der Waals surface area contributed by atoms with Crippen LogP contribution in [0.2, 0.25) is 0 Å². The number of benzene rings is 8. The van der Waals surface area contributed by atoms with Crippen LogP contribution in [0.5, 0.6) is 0 Å². The van der Waals surface area contributed by atoms with E-state index in [-0.39, 0.29) is 0 Å². The summed E-state index contributed by atoms with van der Waals surface area (Å²) < 4.78 is 9.21. The molecule has 8 aromatic carbocycles. The Kier molecular flexibility index (Phi) is 7.04. The van der Waals surface area contributed by atoms with Crippen molar-refractivity contribution in [1.82, 2.24) is 0 Å². The molecule has 2 heterocycles. The molecule has 0 amide bonds. The van der Waals surface area contributed by atoms with Crippen LogP contribution in [0.15, 0.2) is 192 Å². The zero-order chi connectivity index (χ0) is 33.7. The molecule has 10 rings (SSSR count). The highest BCUT2D eigenvalue weighted by atomic mass is 32.1. The summed E-state index contributed by atoms with van der Waals surface area (Å²) in [4.78, 5) is 2.32. The van der Waals surface area contributed by atoms with Gasteiger partial charge in [0.1, 0.15) is 11.2 Å². The molecule has 2 nitrogen and oxygen atoms in total. The Labute approximate surface area is 300 Å². The van der Waals surface area contributed by atoms with Crippen LogP contribution in [0.25, 0.3) is 75.5 Å². The topological polar surface area (TPSA) is 16.4 Å². The largest absolute Gasteiger partial charge is 0.455 e. The van der Waals surface area contributed by atoms with Gasteiger partial charge >= 0.3 is 0 Å². The smallest absolute Gasteiger partial charge is 0.143 e. The zero-order valence-corrected chi connectivity index (χ0v) is 28.5. The zero-order valence-electron chi connectivity index (χ0n) is 27.7. The van der Waals surface area contributed by atoms with E-state index in [4.69, 9.17) is 4.42 Å². The molecule has 0 fully saturated rings. The molecule has 0 aliphatic heterocycles. The van der Waals surface area contributed by atoms with Gasteiger partial charge in [0.25, 0.3) is 0 Å². The lowest BCUT2D eigenvalue weighted by molar-refractivity contribution is 0.670. The van der Waals surface area contributed by atoms with Gasteiger partial charge in [-0.15, -0.1) is 11.3 Å². The lowest BCUT2D eigenvalue weighted by Gasteiger charge is -2.26. The molecule has 0 saturated heterocycles. The maximum atomic E-state index is 6.63. The molecule has 10 aromatic rings. The van der Waals surface area contributed by atoms with E-state index in [0.717, 1.165) is 55.7 Å². The summed E-state index contributed by atoms with van der Waals surface area (Å²) >= 11 is 1.85. The summed E-state index contributed by atoms with van der Waals surface area (Å²) in [6.07, 6.45) is 0. The fourth-order valence-corrected chi connectivity index (χ4v) is 8.64. The minimum absolute atomic E-state index is 0.904. The van der Waals surface area contributed by atoms with Crippen molar-refractivity contribution in [2.24, 2.45) is 0 Å². The van der Waals surface area contributed by atoms with E-state index >= 15 is 0 Å². The first-order chi connectivity index (χ1) is 25.3. The van der Waals surface area contributed by atoms with Crippen molar-refractivity contribution >= 4 is 70.5 Å². The van der Waals surface area contributed by atoms with Crippen LogP contribution in [0.1, 0.15) is 0 Å². The molecule has 240 valence electrons. The second-order valence-corrected chi connectivity index (χ2v) is 14.0. The normalized spacial score (nSPS) is 11.5. The Morgan fingerprint density at radius 3 is 1.69 bits per heavy atom. The first-order valence-electron chi connectivity index (χ1n) is 17.3. The average Bonchev–Trinajstić information content (AvgIpc) is 3.78. The Bertz CT molecular complexity index is 2830. The van der Waals surface area contributed by atoms with Gasteiger partial charge in [-0.2, -0.15) is 0 Å². The van der Waals surface area contributed by atoms with Crippen molar-refractivity contribution in [3.05, 3.63) is 188 Å². The summed E-state index contributed by atoms with van der Waals surface area (Å²) in [7, 11) is 0. The Morgan fingerprint density at radius 2 is 0.941 bits per heavy atom. The van der Waals surface area contributed by atoms with Gasteiger partial charge in [0.15, 0.2) is 0 Å². The molecular weight excluding hydrogens is 639 g/mol. The van der Waals surface area contributed by atoms with Gasteiger partial charge in [0, 0.05) is 59.1 Å². The van der Waals surface area contributed by atoms with Crippen LogP contribution in [-0.2, 0) is 0 Å². The van der Waals surface area contributed by atoms with Crippen LogP contribution in [0.3, 0.4) is 0 Å². The van der Waals surface area contributed by atoms with Crippen LogP contribution < -0.4 is 4.90 Å². The predicted molar refractivity (Wildman–Crippen MR) is 218 cm³/mol. The molecule has 0 N–H and O–H groups in total. The average molecular weight is 670 g/mol. The Balaban J connectivity index is 1.11. The second-order valence-electron chi connectivity index (χ2n) is 12.9. The molecule has 3 heteroatoms. The van der Waals surface area contributed by atoms with Gasteiger partial charge in [0.05, 0.1) is 0 Å². The van der Waals surface area contributed by atoms with Gasteiger partial charge in [0.2, 0.25) is 0 Å². The maximum Gasteiger partial charge on any atom is 0.143 e. The van der Waals surface area contributed by atoms with E-state index in [9.17, 15) is 0 Å². The van der Waals surface area contributed by atoms with Crippen molar-refractivity contribution in [3.8, 4) is 33.4 Å². The summed E-state index contributed by atoms with van der Waals surface area (Å²) in [6, 6.07) is 67.2. The standard InChI is InChI=1S/C48H31NOS/c1-3-12-32(13-4-1)33-22-26-37(27-23-33)49(36-14-5-2-6-15-36)38-28-24-34(25-29-38)35-30-43-39-16-7-9-20-45(39)50-47(43)44(31-35)42-19-11-18-41-40-17-8-10-21-46(40)51-48(41)42/h1-31H. The second kappa shape index (κ2) is 12.2. The predicted octanol–water partition coefficient (Wildman–Crippen LogP) is 14.4. The molecule has 0 radical (unpaired) electrons. The maximum absolute atomic E-state index is 6.63.